The summed E-state index contributed by atoms with van der Waals surface area (Å²) in [6.07, 6.45) is 19.4. The van der Waals surface area contributed by atoms with Gasteiger partial charge >= 0.3 is 0 Å². The van der Waals surface area contributed by atoms with Crippen molar-refractivity contribution in [2.45, 2.75) is 57.8 Å². The highest BCUT2D eigenvalue weighted by Crippen LogP contribution is 2.24. The van der Waals surface area contributed by atoms with E-state index in [-0.39, 0.29) is 0 Å². The molecule has 0 bridgehead atoms. The molecule has 0 unspecified atom stereocenters. The summed E-state index contributed by atoms with van der Waals surface area (Å²) in [6, 6.07) is 8.29. The molecule has 4 heteroatoms. The minimum atomic E-state index is 0.791. The molecule has 3 rings (SSSR count). The number of unbranched alkanes of at least 4 members (excludes halogenated alkanes) is 7. The molecule has 0 saturated heterocycles. The second-order valence-electron chi connectivity index (χ2n) is 7.56. The Morgan fingerprint density at radius 2 is 1.83 bits per heavy atom. The van der Waals surface area contributed by atoms with Crippen molar-refractivity contribution in [3.8, 4) is 0 Å². The predicted octanol–water partition coefficient (Wildman–Crippen LogP) is 6.57. The third-order valence-electron chi connectivity index (χ3n) is 5.27. The topological polar surface area (TPSA) is 53.2 Å². The third-order valence-corrected chi connectivity index (χ3v) is 5.27. The van der Waals surface area contributed by atoms with E-state index in [1.54, 1.807) is 7.11 Å². The largest absolute Gasteiger partial charge is 0.494 e. The lowest BCUT2D eigenvalue weighted by molar-refractivity contribution is 0.303. The number of methoxy groups -OCH3 is 1. The van der Waals surface area contributed by atoms with Gasteiger partial charge in [-0.2, -0.15) is 0 Å². The van der Waals surface area contributed by atoms with Gasteiger partial charge < -0.3 is 14.7 Å². The molecule has 0 spiro atoms. The molecule has 0 aliphatic carbocycles. The number of hydrogen-bond acceptors (Lipinski definition) is 2. The lowest BCUT2D eigenvalue weighted by Gasteiger charge is -2.02. The molecule has 0 radical (unpaired) electrons. The van der Waals surface area contributed by atoms with Crippen molar-refractivity contribution >= 4 is 11.8 Å². The van der Waals surface area contributed by atoms with E-state index in [1.807, 2.05) is 30.5 Å². The van der Waals surface area contributed by atoms with Crippen LogP contribution in [0.4, 0.5) is 0 Å². The van der Waals surface area contributed by atoms with Gasteiger partial charge in [0.25, 0.3) is 0 Å². The van der Waals surface area contributed by atoms with E-state index >= 15 is 0 Å². The number of hydrogen-bond donors (Lipinski definition) is 2. The third kappa shape index (κ3) is 6.38. The van der Waals surface area contributed by atoms with Crippen LogP contribution in [0.1, 0.15) is 68.4 Å². The van der Waals surface area contributed by atoms with E-state index in [9.17, 15) is 0 Å². The Kier molecular flexibility index (Phi) is 8.17. The van der Waals surface area contributed by atoms with Gasteiger partial charge in [-0.15, -0.1) is 6.58 Å². The van der Waals surface area contributed by atoms with E-state index in [0.29, 0.717) is 0 Å². The molecule has 1 aliphatic heterocycles. The van der Waals surface area contributed by atoms with Gasteiger partial charge in [0.1, 0.15) is 11.5 Å². The highest BCUT2D eigenvalue weighted by Gasteiger charge is 2.17. The highest BCUT2D eigenvalue weighted by molar-refractivity contribution is 6.11. The van der Waals surface area contributed by atoms with Crippen molar-refractivity contribution in [1.82, 2.24) is 9.97 Å². The van der Waals surface area contributed by atoms with Crippen molar-refractivity contribution in [2.24, 2.45) is 4.99 Å². The maximum atomic E-state index is 5.51. The number of nitrogens with one attached hydrogen (secondary N) is 2. The molecule has 154 valence electrons. The number of allylic oxidation sites excluding steroid dienone is 2. The molecule has 0 amide bonds. The van der Waals surface area contributed by atoms with Crippen LogP contribution in [-0.4, -0.2) is 22.8 Å². The first kappa shape index (κ1) is 21.0. The maximum Gasteiger partial charge on any atom is 0.146 e. The number of aliphatic imine (C=N–C) groups is 1. The van der Waals surface area contributed by atoms with Gasteiger partial charge in [0.05, 0.1) is 18.5 Å². The highest BCUT2D eigenvalue weighted by atomic mass is 16.5. The number of aromatic amines is 2. The minimum Gasteiger partial charge on any atom is -0.494 e. The van der Waals surface area contributed by atoms with Gasteiger partial charge in [-0.25, -0.2) is 4.99 Å². The minimum absolute atomic E-state index is 0.791. The van der Waals surface area contributed by atoms with Crippen molar-refractivity contribution in [3.63, 3.8) is 0 Å². The monoisotopic (exact) mass is 391 g/mol. The number of H-pyrrole nitrogens is 2. The average Bonchev–Trinajstić information content (AvgIpc) is 3.48. The number of ether oxygens (including phenoxy) is 1. The molecule has 3 heterocycles. The number of rotatable bonds is 13. The molecule has 4 nitrogen and oxygen atoms in total. The Bertz CT molecular complexity index is 853. The molecular weight excluding hydrogens is 358 g/mol. The van der Waals surface area contributed by atoms with Gasteiger partial charge in [-0.3, -0.25) is 0 Å². The summed E-state index contributed by atoms with van der Waals surface area (Å²) in [6.45, 7) is 3.78. The van der Waals surface area contributed by atoms with Crippen LogP contribution in [0.5, 0.6) is 0 Å². The normalized spacial score (nSPS) is 14.9. The summed E-state index contributed by atoms with van der Waals surface area (Å²) >= 11 is 0. The molecule has 2 N–H and O–H groups in total. The van der Waals surface area contributed by atoms with Crippen LogP contribution in [0, 0.1) is 0 Å². The lowest BCUT2D eigenvalue weighted by Crippen LogP contribution is -1.93. The number of aryl methyl sites for hydroxylation is 1. The van der Waals surface area contributed by atoms with Crippen molar-refractivity contribution in [1.29, 1.82) is 0 Å². The fourth-order valence-electron chi connectivity index (χ4n) is 3.63. The van der Waals surface area contributed by atoms with Crippen LogP contribution in [0.25, 0.3) is 6.08 Å². The second-order valence-corrected chi connectivity index (χ2v) is 7.56. The summed E-state index contributed by atoms with van der Waals surface area (Å²) in [7, 11) is 1.69. The van der Waals surface area contributed by atoms with E-state index < -0.39 is 0 Å². The van der Waals surface area contributed by atoms with E-state index in [0.717, 1.165) is 41.4 Å². The molecule has 2 aromatic heterocycles. The lowest BCUT2D eigenvalue weighted by atomic mass is 10.1. The van der Waals surface area contributed by atoms with Crippen molar-refractivity contribution < 1.29 is 4.74 Å². The predicted molar refractivity (Wildman–Crippen MR) is 122 cm³/mol. The first-order valence-electron chi connectivity index (χ1n) is 10.8. The Morgan fingerprint density at radius 3 is 2.55 bits per heavy atom. The summed E-state index contributed by atoms with van der Waals surface area (Å²) in [5.74, 6) is 0.791. The standard InChI is InChI=1S/C25H33N3O/c1-3-4-5-6-7-8-9-10-11-13-20-15-16-21(27-20)18-24-25(29-2)19-23(28-24)22-14-12-17-26-22/h3,12,14-19,26-27H,1,4-11,13H2,2H3. The zero-order valence-electron chi connectivity index (χ0n) is 17.5. The summed E-state index contributed by atoms with van der Waals surface area (Å²) in [4.78, 5) is 11.4. The van der Waals surface area contributed by atoms with Crippen LogP contribution in [0.15, 0.2) is 65.6 Å². The molecule has 0 aromatic carbocycles. The van der Waals surface area contributed by atoms with Gasteiger partial charge in [0.15, 0.2) is 0 Å². The van der Waals surface area contributed by atoms with Gasteiger partial charge in [0.2, 0.25) is 0 Å². The fourth-order valence-corrected chi connectivity index (χ4v) is 3.63. The molecule has 0 fully saturated rings. The van der Waals surface area contributed by atoms with Crippen molar-refractivity contribution in [2.75, 3.05) is 7.11 Å². The summed E-state index contributed by atoms with van der Waals surface area (Å²) in [5, 5.41) is 0. The smallest absolute Gasteiger partial charge is 0.146 e. The van der Waals surface area contributed by atoms with Crippen LogP contribution < -0.4 is 0 Å². The Balaban J connectivity index is 1.45. The first-order valence-corrected chi connectivity index (χ1v) is 10.8. The molecule has 2 aromatic rings. The van der Waals surface area contributed by atoms with Gasteiger partial charge in [-0.1, -0.05) is 38.2 Å². The zero-order chi connectivity index (χ0) is 20.3. The van der Waals surface area contributed by atoms with E-state index in [4.69, 9.17) is 9.73 Å². The van der Waals surface area contributed by atoms with Crippen LogP contribution in [0.3, 0.4) is 0 Å². The Labute approximate surface area is 174 Å². The van der Waals surface area contributed by atoms with Crippen LogP contribution >= 0.6 is 0 Å². The van der Waals surface area contributed by atoms with E-state index in [1.165, 1.54) is 50.6 Å². The van der Waals surface area contributed by atoms with Gasteiger partial charge in [-0.05, 0) is 56.0 Å². The fraction of sp³-hybridized carbons (Fsp3) is 0.400. The molecule has 1 aliphatic rings. The van der Waals surface area contributed by atoms with Crippen molar-refractivity contribution in [3.05, 3.63) is 77.7 Å². The zero-order valence-corrected chi connectivity index (χ0v) is 17.5. The molecule has 0 atom stereocenters. The summed E-state index contributed by atoms with van der Waals surface area (Å²) in [5.41, 5.74) is 5.10. The Hall–Kier alpha value is -2.75. The summed E-state index contributed by atoms with van der Waals surface area (Å²) < 4.78 is 5.51. The van der Waals surface area contributed by atoms with E-state index in [2.05, 4.69) is 34.8 Å². The van der Waals surface area contributed by atoms with Gasteiger partial charge in [0, 0.05) is 23.7 Å². The van der Waals surface area contributed by atoms with Crippen LogP contribution in [-0.2, 0) is 11.2 Å². The molecule has 0 saturated carbocycles. The Morgan fingerprint density at radius 1 is 1.03 bits per heavy atom. The SMILES string of the molecule is C=CCCCCCCCCCc1ccc(C=C2N=C(c3ccc[nH]3)C=C2OC)[nH]1. The quantitative estimate of drug-likeness (QED) is 0.294. The molecule has 29 heavy (non-hydrogen) atoms. The maximum absolute atomic E-state index is 5.51. The average molecular weight is 392 g/mol. The number of aromatic nitrogens is 2. The first-order chi connectivity index (χ1) is 14.3. The number of nitrogens with zero attached hydrogens (tertiary/aromatic N) is 1. The molecular formula is C25H33N3O. The van der Waals surface area contributed by atoms with Crippen LogP contribution in [0.2, 0.25) is 0 Å². The second kappa shape index (κ2) is 11.3.